The van der Waals surface area contributed by atoms with Crippen LogP contribution in [0.5, 0.6) is 0 Å². The molecular weight excluding hydrogens is 318 g/mol. The van der Waals surface area contributed by atoms with Gasteiger partial charge in [-0.3, -0.25) is 19.1 Å². The summed E-state index contributed by atoms with van der Waals surface area (Å²) in [4.78, 5) is 32.8. The fourth-order valence-corrected chi connectivity index (χ4v) is 2.30. The van der Waals surface area contributed by atoms with Crippen LogP contribution in [0.15, 0.2) is 59.7 Å². The fraction of sp³-hybridized carbons (Fsp3) is 0.111. The van der Waals surface area contributed by atoms with E-state index in [0.717, 1.165) is 5.56 Å². The van der Waals surface area contributed by atoms with Gasteiger partial charge >= 0.3 is 0 Å². The molecule has 0 saturated heterocycles. The predicted molar refractivity (Wildman–Crippen MR) is 96.4 cm³/mol. The number of rotatable bonds is 5. The third kappa shape index (κ3) is 3.72. The highest BCUT2D eigenvalue weighted by Gasteiger charge is 2.10. The van der Waals surface area contributed by atoms with E-state index in [2.05, 4.69) is 15.3 Å². The van der Waals surface area contributed by atoms with Crippen LogP contribution in [-0.4, -0.2) is 26.9 Å². The molecule has 0 bridgehead atoms. The average Bonchev–Trinajstić information content (AvgIpc) is 2.64. The highest BCUT2D eigenvalue weighted by Crippen LogP contribution is 2.15. The molecule has 7 heteroatoms. The summed E-state index contributed by atoms with van der Waals surface area (Å²) in [6.07, 6.45) is 3.26. The Labute approximate surface area is 144 Å². The minimum absolute atomic E-state index is 0.0179. The molecule has 0 unspecified atom stereocenters. The van der Waals surface area contributed by atoms with E-state index in [1.807, 2.05) is 0 Å². The highest BCUT2D eigenvalue weighted by atomic mass is 16.1. The lowest BCUT2D eigenvalue weighted by Gasteiger charge is -2.11. The van der Waals surface area contributed by atoms with E-state index < -0.39 is 0 Å². The maximum Gasteiger partial charge on any atom is 0.255 e. The van der Waals surface area contributed by atoms with E-state index in [9.17, 15) is 9.59 Å². The van der Waals surface area contributed by atoms with E-state index in [1.54, 1.807) is 55.8 Å². The highest BCUT2D eigenvalue weighted by molar-refractivity contribution is 5.99. The number of hydrogen-bond donors (Lipinski definition) is 2. The van der Waals surface area contributed by atoms with Gasteiger partial charge in [0, 0.05) is 42.3 Å². The molecule has 3 N–H and O–H groups in total. The number of nitrogen functional groups attached to an aromatic ring is 1. The fourth-order valence-electron chi connectivity index (χ4n) is 2.30. The molecule has 0 fully saturated rings. The van der Waals surface area contributed by atoms with E-state index in [0.29, 0.717) is 22.9 Å². The van der Waals surface area contributed by atoms with Crippen LogP contribution in [-0.2, 0) is 7.05 Å². The maximum atomic E-state index is 12.3. The van der Waals surface area contributed by atoms with Gasteiger partial charge in [0.2, 0.25) is 5.95 Å². The van der Waals surface area contributed by atoms with Crippen LogP contribution in [0.4, 0.5) is 11.6 Å². The van der Waals surface area contributed by atoms with Crippen molar-refractivity contribution in [3.05, 3.63) is 70.8 Å². The minimum atomic E-state index is -0.218. The Morgan fingerprint density at radius 2 is 1.84 bits per heavy atom. The van der Waals surface area contributed by atoms with Crippen molar-refractivity contribution in [3.8, 4) is 11.3 Å². The van der Waals surface area contributed by atoms with Crippen molar-refractivity contribution < 1.29 is 4.79 Å². The second-order valence-corrected chi connectivity index (χ2v) is 5.50. The van der Waals surface area contributed by atoms with Crippen LogP contribution in [0.2, 0.25) is 0 Å². The van der Waals surface area contributed by atoms with Crippen LogP contribution in [0.1, 0.15) is 10.4 Å². The average molecular weight is 335 g/mol. The zero-order valence-electron chi connectivity index (χ0n) is 13.6. The smallest absolute Gasteiger partial charge is 0.255 e. The molecule has 2 aromatic heterocycles. The number of aromatic nitrogens is 3. The summed E-state index contributed by atoms with van der Waals surface area (Å²) in [6, 6.07) is 11.7. The number of hydrogen-bond acceptors (Lipinski definition) is 6. The molecule has 0 spiro atoms. The van der Waals surface area contributed by atoms with E-state index in [1.165, 1.54) is 10.6 Å². The van der Waals surface area contributed by atoms with Gasteiger partial charge in [-0.2, -0.15) is 0 Å². The van der Waals surface area contributed by atoms with Crippen molar-refractivity contribution >= 4 is 17.4 Å². The Bertz CT molecular complexity index is 949. The van der Waals surface area contributed by atoms with E-state index >= 15 is 0 Å². The van der Waals surface area contributed by atoms with Gasteiger partial charge < -0.3 is 11.1 Å². The Morgan fingerprint density at radius 3 is 2.52 bits per heavy atom. The maximum absolute atomic E-state index is 12.3. The molecule has 0 radical (unpaired) electrons. The van der Waals surface area contributed by atoms with Gasteiger partial charge in [0.1, 0.15) is 0 Å². The molecule has 25 heavy (non-hydrogen) atoms. The summed E-state index contributed by atoms with van der Waals surface area (Å²) < 4.78 is 1.36. The summed E-state index contributed by atoms with van der Waals surface area (Å²) in [5.74, 6) is 0.201. The van der Waals surface area contributed by atoms with Crippen molar-refractivity contribution in [1.82, 2.24) is 14.5 Å². The predicted octanol–water partition coefficient (Wildman–Crippen LogP) is 1.72. The van der Waals surface area contributed by atoms with Gasteiger partial charge in [-0.25, -0.2) is 4.98 Å². The number of carbonyl (C=O) groups excluding carboxylic acids is 1. The van der Waals surface area contributed by atoms with Gasteiger partial charge in [-0.1, -0.05) is 0 Å². The SMILES string of the molecule is Cn1c(NCC(=O)c2ccc(N)cc2)nc(-c2ccncc2)cc1=O. The first-order valence-corrected chi connectivity index (χ1v) is 7.65. The first-order chi connectivity index (χ1) is 12.0. The molecule has 0 amide bonds. The summed E-state index contributed by atoms with van der Waals surface area (Å²) in [6.45, 7) is 0.0179. The van der Waals surface area contributed by atoms with Crippen LogP contribution < -0.4 is 16.6 Å². The lowest BCUT2D eigenvalue weighted by molar-refractivity contribution is 0.101. The molecule has 0 aliphatic heterocycles. The molecule has 0 saturated carbocycles. The summed E-state index contributed by atoms with van der Waals surface area (Å²) in [5, 5.41) is 2.93. The number of Topliss-reactive ketones (excluding diaryl/α,β-unsaturated/α-hetero) is 1. The Kier molecular flexibility index (Phi) is 4.56. The molecule has 0 atom stereocenters. The number of pyridine rings is 1. The molecule has 0 aliphatic rings. The van der Waals surface area contributed by atoms with Crippen LogP contribution in [0.3, 0.4) is 0 Å². The monoisotopic (exact) mass is 335 g/mol. The molecule has 3 aromatic rings. The third-order valence-corrected chi connectivity index (χ3v) is 3.75. The molecule has 126 valence electrons. The van der Waals surface area contributed by atoms with Crippen LogP contribution in [0.25, 0.3) is 11.3 Å². The normalized spacial score (nSPS) is 10.4. The minimum Gasteiger partial charge on any atom is -0.399 e. The standard InChI is InChI=1S/C18H17N5O2/c1-23-17(25)10-15(12-6-8-20-9-7-12)22-18(23)21-11-16(24)13-2-4-14(19)5-3-13/h2-10H,11,19H2,1H3,(H,21,22). The van der Waals surface area contributed by atoms with Gasteiger partial charge in [-0.05, 0) is 36.4 Å². The van der Waals surface area contributed by atoms with Gasteiger partial charge in [0.25, 0.3) is 5.56 Å². The molecule has 3 rings (SSSR count). The second-order valence-electron chi connectivity index (χ2n) is 5.50. The molecule has 1 aromatic carbocycles. The molecule has 7 nitrogen and oxygen atoms in total. The zero-order valence-corrected chi connectivity index (χ0v) is 13.6. The lowest BCUT2D eigenvalue weighted by atomic mass is 10.1. The Morgan fingerprint density at radius 1 is 1.16 bits per heavy atom. The van der Waals surface area contributed by atoms with E-state index in [4.69, 9.17) is 5.73 Å². The largest absolute Gasteiger partial charge is 0.399 e. The summed E-state index contributed by atoms with van der Waals surface area (Å²) >= 11 is 0. The van der Waals surface area contributed by atoms with E-state index in [-0.39, 0.29) is 17.9 Å². The number of benzene rings is 1. The van der Waals surface area contributed by atoms with Crippen molar-refractivity contribution in [2.45, 2.75) is 0 Å². The number of ketones is 1. The molecule has 0 aliphatic carbocycles. The van der Waals surface area contributed by atoms with Crippen molar-refractivity contribution in [1.29, 1.82) is 0 Å². The number of carbonyl (C=O) groups is 1. The first-order valence-electron chi connectivity index (χ1n) is 7.65. The van der Waals surface area contributed by atoms with Crippen molar-refractivity contribution in [3.63, 3.8) is 0 Å². The number of nitrogens with two attached hydrogens (primary N) is 1. The summed E-state index contributed by atoms with van der Waals surface area (Å²) in [7, 11) is 1.60. The van der Waals surface area contributed by atoms with Gasteiger partial charge in [0.05, 0.1) is 12.2 Å². The van der Waals surface area contributed by atoms with Crippen LogP contribution >= 0.6 is 0 Å². The summed E-state index contributed by atoms with van der Waals surface area (Å²) in [5.41, 5.74) is 7.84. The van der Waals surface area contributed by atoms with Gasteiger partial charge in [0.15, 0.2) is 5.78 Å². The quantitative estimate of drug-likeness (QED) is 0.543. The number of anilines is 2. The third-order valence-electron chi connectivity index (χ3n) is 3.75. The topological polar surface area (TPSA) is 103 Å². The van der Waals surface area contributed by atoms with Crippen molar-refractivity contribution in [2.75, 3.05) is 17.6 Å². The number of nitrogens with one attached hydrogen (secondary N) is 1. The lowest BCUT2D eigenvalue weighted by Crippen LogP contribution is -2.24. The van der Waals surface area contributed by atoms with Crippen molar-refractivity contribution in [2.24, 2.45) is 7.05 Å². The first kappa shape index (κ1) is 16.4. The van der Waals surface area contributed by atoms with Crippen LogP contribution in [0, 0.1) is 0 Å². The molecule has 2 heterocycles. The number of nitrogens with zero attached hydrogens (tertiary/aromatic N) is 3. The Balaban J connectivity index is 1.82. The Hall–Kier alpha value is -3.48. The second kappa shape index (κ2) is 6.96. The zero-order chi connectivity index (χ0) is 17.8. The molecular formula is C18H17N5O2. The van der Waals surface area contributed by atoms with Gasteiger partial charge in [-0.15, -0.1) is 0 Å².